The van der Waals surface area contributed by atoms with Crippen molar-refractivity contribution in [2.24, 2.45) is 0 Å². The Labute approximate surface area is 91.3 Å². The molecule has 0 bridgehead atoms. The molecule has 0 saturated heterocycles. The first-order chi connectivity index (χ1) is 7.05. The Morgan fingerprint density at radius 1 is 1.47 bits per heavy atom. The first-order valence-corrected chi connectivity index (χ1v) is 5.32. The smallest absolute Gasteiger partial charge is 0.338 e. The average Bonchev–Trinajstić information content (AvgIpc) is 2.45. The van der Waals surface area contributed by atoms with E-state index in [1.807, 2.05) is 45.1 Å². The summed E-state index contributed by atoms with van der Waals surface area (Å²) in [4.78, 5) is 11.7. The van der Waals surface area contributed by atoms with E-state index in [0.29, 0.717) is 5.57 Å². The molecule has 1 aliphatic carbocycles. The summed E-state index contributed by atoms with van der Waals surface area (Å²) in [5.41, 5.74) is 0.229. The number of esters is 1. The zero-order valence-electron chi connectivity index (χ0n) is 9.62. The normalized spacial score (nSPS) is 15.8. The Kier molecular flexibility index (Phi) is 3.89. The molecule has 0 N–H and O–H groups in total. The summed E-state index contributed by atoms with van der Waals surface area (Å²) in [5, 5.41) is 0. The number of ether oxygens (including phenoxy) is 1. The topological polar surface area (TPSA) is 26.3 Å². The molecule has 0 radical (unpaired) electrons. The molecule has 0 aromatic rings. The van der Waals surface area contributed by atoms with Crippen LogP contribution < -0.4 is 0 Å². The quantitative estimate of drug-likeness (QED) is 0.663. The Morgan fingerprint density at radius 2 is 2.20 bits per heavy atom. The SMILES string of the molecule is CCC(C)(C)OC(=O)C1=CC=CCC=C1. The van der Waals surface area contributed by atoms with Crippen molar-refractivity contribution in [2.45, 2.75) is 39.2 Å². The monoisotopic (exact) mass is 206 g/mol. The van der Waals surface area contributed by atoms with Gasteiger partial charge in [-0.3, -0.25) is 0 Å². The van der Waals surface area contributed by atoms with E-state index in [-0.39, 0.29) is 11.6 Å². The lowest BCUT2D eigenvalue weighted by Crippen LogP contribution is -2.27. The van der Waals surface area contributed by atoms with Gasteiger partial charge in [-0.05, 0) is 32.8 Å². The molecule has 0 spiro atoms. The number of rotatable bonds is 3. The van der Waals surface area contributed by atoms with Crippen LogP contribution in [0.25, 0.3) is 0 Å². The molecular weight excluding hydrogens is 188 g/mol. The van der Waals surface area contributed by atoms with Gasteiger partial charge < -0.3 is 4.74 Å². The van der Waals surface area contributed by atoms with Crippen molar-refractivity contribution in [3.8, 4) is 0 Å². The highest BCUT2D eigenvalue weighted by Crippen LogP contribution is 2.17. The van der Waals surface area contributed by atoms with Crippen LogP contribution in [0.15, 0.2) is 36.0 Å². The summed E-state index contributed by atoms with van der Waals surface area (Å²) in [7, 11) is 0. The standard InChI is InChI=1S/C13H18O2/c1-4-13(2,3)15-12(14)11-9-7-5-6-8-10-11/h5,7-10H,4,6H2,1-3H3. The van der Waals surface area contributed by atoms with E-state index in [4.69, 9.17) is 4.74 Å². The maximum atomic E-state index is 11.7. The van der Waals surface area contributed by atoms with Crippen LogP contribution in [0.4, 0.5) is 0 Å². The third-order valence-electron chi connectivity index (χ3n) is 2.44. The van der Waals surface area contributed by atoms with Crippen LogP contribution >= 0.6 is 0 Å². The second kappa shape index (κ2) is 4.96. The molecule has 0 aromatic heterocycles. The largest absolute Gasteiger partial charge is 0.456 e. The highest BCUT2D eigenvalue weighted by molar-refractivity contribution is 5.92. The summed E-state index contributed by atoms with van der Waals surface area (Å²) in [6.07, 6.45) is 11.1. The van der Waals surface area contributed by atoms with Crippen molar-refractivity contribution in [1.29, 1.82) is 0 Å². The third kappa shape index (κ3) is 3.74. The summed E-state index contributed by atoms with van der Waals surface area (Å²) in [6.45, 7) is 5.84. The van der Waals surface area contributed by atoms with Crippen molar-refractivity contribution in [3.05, 3.63) is 36.0 Å². The number of carbonyl (C=O) groups excluding carboxylic acids is 1. The number of hydrogen-bond acceptors (Lipinski definition) is 2. The van der Waals surface area contributed by atoms with E-state index < -0.39 is 0 Å². The first kappa shape index (κ1) is 11.8. The molecule has 0 fully saturated rings. The van der Waals surface area contributed by atoms with Gasteiger partial charge in [0.05, 0.1) is 5.57 Å². The number of allylic oxidation sites excluding steroid dienone is 4. The van der Waals surface area contributed by atoms with Crippen LogP contribution in [-0.4, -0.2) is 11.6 Å². The van der Waals surface area contributed by atoms with Crippen LogP contribution in [-0.2, 0) is 9.53 Å². The molecule has 0 saturated carbocycles. The minimum absolute atomic E-state index is 0.246. The van der Waals surface area contributed by atoms with Crippen LogP contribution in [0.2, 0.25) is 0 Å². The molecule has 82 valence electrons. The highest BCUT2D eigenvalue weighted by atomic mass is 16.6. The highest BCUT2D eigenvalue weighted by Gasteiger charge is 2.21. The molecule has 2 heteroatoms. The van der Waals surface area contributed by atoms with Gasteiger partial charge in [-0.1, -0.05) is 31.2 Å². The van der Waals surface area contributed by atoms with E-state index in [0.717, 1.165) is 12.8 Å². The fourth-order valence-electron chi connectivity index (χ4n) is 1.10. The van der Waals surface area contributed by atoms with Gasteiger partial charge in [0.15, 0.2) is 0 Å². The zero-order valence-corrected chi connectivity index (χ0v) is 9.62. The molecule has 0 amide bonds. The van der Waals surface area contributed by atoms with Gasteiger partial charge in [-0.15, -0.1) is 0 Å². The Hall–Kier alpha value is -1.31. The molecule has 0 aromatic carbocycles. The van der Waals surface area contributed by atoms with E-state index in [9.17, 15) is 4.79 Å². The molecule has 2 nitrogen and oxygen atoms in total. The predicted octanol–water partition coefficient (Wildman–Crippen LogP) is 3.16. The van der Waals surface area contributed by atoms with E-state index in [1.165, 1.54) is 0 Å². The summed E-state index contributed by atoms with van der Waals surface area (Å²) >= 11 is 0. The van der Waals surface area contributed by atoms with Gasteiger partial charge in [-0.2, -0.15) is 0 Å². The van der Waals surface area contributed by atoms with Gasteiger partial charge in [0.2, 0.25) is 0 Å². The fourth-order valence-corrected chi connectivity index (χ4v) is 1.10. The molecule has 0 atom stereocenters. The third-order valence-corrected chi connectivity index (χ3v) is 2.44. The molecule has 1 rings (SSSR count). The summed E-state index contributed by atoms with van der Waals surface area (Å²) < 4.78 is 5.39. The lowest BCUT2D eigenvalue weighted by molar-refractivity contribution is -0.151. The summed E-state index contributed by atoms with van der Waals surface area (Å²) in [6, 6.07) is 0. The van der Waals surface area contributed by atoms with Gasteiger partial charge in [0, 0.05) is 0 Å². The van der Waals surface area contributed by atoms with Crippen LogP contribution in [0.3, 0.4) is 0 Å². The van der Waals surface area contributed by atoms with Gasteiger partial charge in [0.25, 0.3) is 0 Å². The molecule has 0 aliphatic heterocycles. The maximum absolute atomic E-state index is 11.7. The maximum Gasteiger partial charge on any atom is 0.338 e. The van der Waals surface area contributed by atoms with Gasteiger partial charge in [0.1, 0.15) is 5.60 Å². The van der Waals surface area contributed by atoms with Crippen molar-refractivity contribution < 1.29 is 9.53 Å². The van der Waals surface area contributed by atoms with Crippen molar-refractivity contribution in [1.82, 2.24) is 0 Å². The van der Waals surface area contributed by atoms with Crippen LogP contribution in [0.5, 0.6) is 0 Å². The van der Waals surface area contributed by atoms with Crippen LogP contribution in [0, 0.1) is 0 Å². The average molecular weight is 206 g/mol. The molecule has 15 heavy (non-hydrogen) atoms. The molecule has 0 unspecified atom stereocenters. The summed E-state index contributed by atoms with van der Waals surface area (Å²) in [5.74, 6) is -0.246. The predicted molar refractivity (Wildman–Crippen MR) is 61.4 cm³/mol. The lowest BCUT2D eigenvalue weighted by Gasteiger charge is -2.23. The van der Waals surface area contributed by atoms with Gasteiger partial charge in [-0.25, -0.2) is 4.79 Å². The minimum atomic E-state index is -0.387. The van der Waals surface area contributed by atoms with Crippen molar-refractivity contribution in [3.63, 3.8) is 0 Å². The zero-order chi connectivity index (χ0) is 11.3. The Bertz CT molecular complexity index is 319. The fraction of sp³-hybridized carbons (Fsp3) is 0.462. The number of carbonyl (C=O) groups is 1. The van der Waals surface area contributed by atoms with Crippen molar-refractivity contribution in [2.75, 3.05) is 0 Å². The van der Waals surface area contributed by atoms with E-state index >= 15 is 0 Å². The van der Waals surface area contributed by atoms with E-state index in [1.54, 1.807) is 6.08 Å². The first-order valence-electron chi connectivity index (χ1n) is 5.32. The Morgan fingerprint density at radius 3 is 2.87 bits per heavy atom. The van der Waals surface area contributed by atoms with Gasteiger partial charge >= 0.3 is 5.97 Å². The molecule has 0 heterocycles. The molecular formula is C13H18O2. The molecule has 1 aliphatic rings. The second-order valence-corrected chi connectivity index (χ2v) is 4.19. The van der Waals surface area contributed by atoms with Crippen LogP contribution in [0.1, 0.15) is 33.6 Å². The van der Waals surface area contributed by atoms with Crippen molar-refractivity contribution >= 4 is 5.97 Å². The second-order valence-electron chi connectivity index (χ2n) is 4.19. The Balaban J connectivity index is 2.69. The number of hydrogen-bond donors (Lipinski definition) is 0. The van der Waals surface area contributed by atoms with E-state index in [2.05, 4.69) is 0 Å². The minimum Gasteiger partial charge on any atom is -0.456 e. The lowest BCUT2D eigenvalue weighted by atomic mass is 10.1.